The van der Waals surface area contributed by atoms with Crippen molar-refractivity contribution < 1.29 is 9.53 Å². The van der Waals surface area contributed by atoms with Gasteiger partial charge in [0.15, 0.2) is 6.10 Å². The quantitative estimate of drug-likeness (QED) is 0.720. The van der Waals surface area contributed by atoms with E-state index in [1.165, 1.54) is 11.1 Å². The second kappa shape index (κ2) is 8.30. The van der Waals surface area contributed by atoms with Crippen LogP contribution in [0.1, 0.15) is 23.6 Å². The Kier molecular flexibility index (Phi) is 5.64. The summed E-state index contributed by atoms with van der Waals surface area (Å²) < 4.78 is 5.76. The van der Waals surface area contributed by atoms with E-state index in [0.717, 1.165) is 23.4 Å². The lowest BCUT2D eigenvalue weighted by atomic mass is 10.1. The predicted octanol–water partition coefficient (Wildman–Crippen LogP) is 4.39. The molecule has 0 aliphatic rings. The molecule has 26 heavy (non-hydrogen) atoms. The number of hydrogen-bond acceptors (Lipinski definition) is 3. The molecule has 132 valence electrons. The van der Waals surface area contributed by atoms with Gasteiger partial charge in [-0.15, -0.1) is 0 Å². The molecule has 0 saturated carbocycles. The van der Waals surface area contributed by atoms with E-state index < -0.39 is 6.10 Å². The van der Waals surface area contributed by atoms with Gasteiger partial charge in [-0.1, -0.05) is 30.3 Å². The van der Waals surface area contributed by atoms with Crippen LogP contribution in [-0.4, -0.2) is 17.0 Å². The minimum absolute atomic E-state index is 0.171. The summed E-state index contributed by atoms with van der Waals surface area (Å²) in [6.07, 6.45) is 3.84. The van der Waals surface area contributed by atoms with Gasteiger partial charge in [-0.25, -0.2) is 0 Å². The third kappa shape index (κ3) is 4.70. The van der Waals surface area contributed by atoms with Gasteiger partial charge in [0.05, 0.1) is 0 Å². The second-order valence-corrected chi connectivity index (χ2v) is 6.24. The van der Waals surface area contributed by atoms with Crippen LogP contribution in [0.3, 0.4) is 0 Å². The molecule has 1 atom stereocenters. The van der Waals surface area contributed by atoms with E-state index >= 15 is 0 Å². The minimum Gasteiger partial charge on any atom is -0.481 e. The van der Waals surface area contributed by atoms with Gasteiger partial charge < -0.3 is 10.1 Å². The summed E-state index contributed by atoms with van der Waals surface area (Å²) >= 11 is 0. The molecule has 0 bridgehead atoms. The number of carbonyl (C=O) groups excluding carboxylic acids is 1. The maximum Gasteiger partial charge on any atom is 0.265 e. The molecule has 0 saturated heterocycles. The Balaban J connectivity index is 1.58. The molecule has 3 aromatic rings. The number of ether oxygens (including phenoxy) is 1. The van der Waals surface area contributed by atoms with Crippen LogP contribution >= 0.6 is 0 Å². The second-order valence-electron chi connectivity index (χ2n) is 6.24. The number of amides is 1. The molecule has 4 nitrogen and oxygen atoms in total. The zero-order valence-electron chi connectivity index (χ0n) is 15.0. The summed E-state index contributed by atoms with van der Waals surface area (Å²) in [6, 6.07) is 19.5. The number of aryl methyl sites for hydroxylation is 1. The molecule has 1 N–H and O–H groups in total. The minimum atomic E-state index is -0.576. The first-order valence-corrected chi connectivity index (χ1v) is 8.63. The van der Waals surface area contributed by atoms with Gasteiger partial charge in [0, 0.05) is 18.1 Å². The summed E-state index contributed by atoms with van der Waals surface area (Å²) in [5, 5.41) is 2.90. The van der Waals surface area contributed by atoms with Crippen molar-refractivity contribution in [3.63, 3.8) is 0 Å². The lowest BCUT2D eigenvalue weighted by Crippen LogP contribution is -2.30. The molecule has 2 aromatic carbocycles. The number of rotatable bonds is 6. The summed E-state index contributed by atoms with van der Waals surface area (Å²) in [5.74, 6) is 0.554. The third-order valence-electron chi connectivity index (χ3n) is 4.15. The maximum atomic E-state index is 12.4. The van der Waals surface area contributed by atoms with Crippen LogP contribution in [0.2, 0.25) is 0 Å². The Hall–Kier alpha value is -3.14. The maximum absolute atomic E-state index is 12.4. The highest BCUT2D eigenvalue weighted by Gasteiger charge is 2.15. The van der Waals surface area contributed by atoms with Crippen molar-refractivity contribution in [2.75, 3.05) is 5.32 Å². The van der Waals surface area contributed by atoms with Crippen molar-refractivity contribution in [1.82, 2.24) is 4.98 Å². The molecule has 0 aliphatic carbocycles. The van der Waals surface area contributed by atoms with E-state index in [4.69, 9.17) is 4.74 Å². The van der Waals surface area contributed by atoms with Crippen LogP contribution < -0.4 is 10.1 Å². The van der Waals surface area contributed by atoms with E-state index in [-0.39, 0.29) is 5.91 Å². The van der Waals surface area contributed by atoms with E-state index in [1.807, 2.05) is 67.6 Å². The number of nitrogens with zero attached hydrogens (tertiary/aromatic N) is 1. The van der Waals surface area contributed by atoms with Crippen molar-refractivity contribution in [2.45, 2.75) is 26.4 Å². The van der Waals surface area contributed by atoms with E-state index in [0.29, 0.717) is 0 Å². The molecule has 3 rings (SSSR count). The van der Waals surface area contributed by atoms with Gasteiger partial charge in [-0.05, 0) is 67.3 Å². The summed E-state index contributed by atoms with van der Waals surface area (Å²) in [6.45, 7) is 3.71. The van der Waals surface area contributed by atoms with E-state index in [1.54, 1.807) is 19.3 Å². The molecule has 1 amide bonds. The highest BCUT2D eigenvalue weighted by molar-refractivity contribution is 5.94. The molecule has 1 heterocycles. The fraction of sp³-hybridized carbons (Fsp3) is 0.182. The highest BCUT2D eigenvalue weighted by atomic mass is 16.5. The van der Waals surface area contributed by atoms with Crippen molar-refractivity contribution >= 4 is 11.6 Å². The van der Waals surface area contributed by atoms with Gasteiger partial charge in [-0.2, -0.15) is 0 Å². The van der Waals surface area contributed by atoms with Crippen LogP contribution in [0.15, 0.2) is 73.1 Å². The topological polar surface area (TPSA) is 51.2 Å². The van der Waals surface area contributed by atoms with E-state index in [9.17, 15) is 4.79 Å². The van der Waals surface area contributed by atoms with Crippen molar-refractivity contribution in [3.8, 4) is 5.75 Å². The summed E-state index contributed by atoms with van der Waals surface area (Å²) in [7, 11) is 0. The van der Waals surface area contributed by atoms with Crippen LogP contribution in [0, 0.1) is 6.92 Å². The van der Waals surface area contributed by atoms with Gasteiger partial charge >= 0.3 is 0 Å². The van der Waals surface area contributed by atoms with Crippen molar-refractivity contribution in [1.29, 1.82) is 0 Å². The fourth-order valence-electron chi connectivity index (χ4n) is 2.62. The number of anilines is 1. The SMILES string of the molecule is Cc1ccccc1OC(C)C(=O)Nc1ccc(Cc2ccncc2)cc1. The van der Waals surface area contributed by atoms with Gasteiger partial charge in [0.2, 0.25) is 0 Å². The predicted molar refractivity (Wildman–Crippen MR) is 103 cm³/mol. The average molecular weight is 346 g/mol. The normalized spacial score (nSPS) is 11.6. The van der Waals surface area contributed by atoms with Gasteiger partial charge in [0.25, 0.3) is 5.91 Å². The van der Waals surface area contributed by atoms with Crippen molar-refractivity contribution in [2.24, 2.45) is 0 Å². The van der Waals surface area contributed by atoms with Crippen LogP contribution in [0.25, 0.3) is 0 Å². The standard InChI is InChI=1S/C22H22N2O2/c1-16-5-3-4-6-21(16)26-17(2)22(25)24-20-9-7-18(8-10-20)15-19-11-13-23-14-12-19/h3-14,17H,15H2,1-2H3,(H,24,25). The van der Waals surface area contributed by atoms with Crippen molar-refractivity contribution in [3.05, 3.63) is 89.7 Å². The molecular weight excluding hydrogens is 324 g/mol. The Morgan fingerprint density at radius 3 is 2.35 bits per heavy atom. The monoisotopic (exact) mass is 346 g/mol. The fourth-order valence-corrected chi connectivity index (χ4v) is 2.62. The Morgan fingerprint density at radius 1 is 1.00 bits per heavy atom. The molecule has 4 heteroatoms. The Morgan fingerprint density at radius 2 is 1.65 bits per heavy atom. The number of benzene rings is 2. The lowest BCUT2D eigenvalue weighted by molar-refractivity contribution is -0.122. The molecular formula is C22H22N2O2. The van der Waals surface area contributed by atoms with Gasteiger partial charge in [-0.3, -0.25) is 9.78 Å². The van der Waals surface area contributed by atoms with Crippen LogP contribution in [-0.2, 0) is 11.2 Å². The zero-order chi connectivity index (χ0) is 18.4. The Labute approximate surface area is 153 Å². The summed E-state index contributed by atoms with van der Waals surface area (Å²) in [4.78, 5) is 16.4. The number of para-hydroxylation sites is 1. The molecule has 0 fully saturated rings. The Bertz CT molecular complexity index is 861. The molecule has 1 aromatic heterocycles. The first-order valence-electron chi connectivity index (χ1n) is 8.63. The smallest absolute Gasteiger partial charge is 0.265 e. The first-order chi connectivity index (χ1) is 12.6. The average Bonchev–Trinajstić information content (AvgIpc) is 2.66. The lowest BCUT2D eigenvalue weighted by Gasteiger charge is -2.16. The molecule has 1 unspecified atom stereocenters. The number of nitrogens with one attached hydrogen (secondary N) is 1. The van der Waals surface area contributed by atoms with Crippen LogP contribution in [0.5, 0.6) is 5.75 Å². The number of pyridine rings is 1. The summed E-state index contributed by atoms with van der Waals surface area (Å²) in [5.41, 5.74) is 4.15. The largest absolute Gasteiger partial charge is 0.481 e. The zero-order valence-corrected chi connectivity index (χ0v) is 15.0. The molecule has 0 radical (unpaired) electrons. The number of aromatic nitrogens is 1. The highest BCUT2D eigenvalue weighted by Crippen LogP contribution is 2.19. The number of carbonyl (C=O) groups is 1. The third-order valence-corrected chi connectivity index (χ3v) is 4.15. The first kappa shape index (κ1) is 17.7. The van der Waals surface area contributed by atoms with E-state index in [2.05, 4.69) is 10.3 Å². The number of hydrogen-bond donors (Lipinski definition) is 1. The molecule has 0 aliphatic heterocycles. The molecule has 0 spiro atoms. The van der Waals surface area contributed by atoms with Crippen LogP contribution in [0.4, 0.5) is 5.69 Å². The van der Waals surface area contributed by atoms with Gasteiger partial charge in [0.1, 0.15) is 5.75 Å².